The minimum Gasteiger partial charge on any atom is -0.255 e. The molecule has 0 bridgehead atoms. The molecule has 61 heavy (non-hydrogen) atoms. The zero-order valence-electron chi connectivity index (χ0n) is 35.4. The van der Waals surface area contributed by atoms with Crippen molar-refractivity contribution in [2.24, 2.45) is 0 Å². The van der Waals surface area contributed by atoms with Gasteiger partial charge in [-0.15, -0.1) is 0 Å². The standard InChI is InChI=1S/C57H52N4/c1-3-5-7-11-19-39-27-31-46-47-32-28-40(20-12-8-6-4-2)36-51(47)57(50(46)35-39)49-26-18-17-25-45(49)48-33-29-43(37-52(48)57)53-34-30-44(38-58-53)56-60-54(41-21-13-9-14-22-41)59-55(61-56)42-23-15-10-16-24-42/h9-10,13-18,21-38H,3-8,11-12,19-20H2,1-2H3. The highest BCUT2D eigenvalue weighted by Gasteiger charge is 2.52. The lowest BCUT2D eigenvalue weighted by Crippen LogP contribution is -2.26. The van der Waals surface area contributed by atoms with Crippen molar-refractivity contribution < 1.29 is 0 Å². The van der Waals surface area contributed by atoms with Gasteiger partial charge in [0.2, 0.25) is 0 Å². The molecular formula is C57H52N4. The molecule has 300 valence electrons. The van der Waals surface area contributed by atoms with Gasteiger partial charge in [0, 0.05) is 28.5 Å². The number of hydrogen-bond donors (Lipinski definition) is 0. The summed E-state index contributed by atoms with van der Waals surface area (Å²) in [6, 6.07) is 55.5. The second-order valence-electron chi connectivity index (χ2n) is 16.9. The normalized spacial score (nSPS) is 12.9. The van der Waals surface area contributed by atoms with Crippen molar-refractivity contribution in [1.29, 1.82) is 0 Å². The summed E-state index contributed by atoms with van der Waals surface area (Å²) in [5, 5.41) is 0. The molecule has 0 aliphatic heterocycles. The summed E-state index contributed by atoms with van der Waals surface area (Å²) in [5.74, 6) is 1.88. The third kappa shape index (κ3) is 7.08. The maximum atomic E-state index is 5.13. The molecule has 1 spiro atoms. The van der Waals surface area contributed by atoms with Crippen molar-refractivity contribution in [3.63, 3.8) is 0 Å². The molecule has 4 nitrogen and oxygen atoms in total. The Bertz CT molecular complexity index is 2710. The van der Waals surface area contributed by atoms with Crippen molar-refractivity contribution >= 4 is 0 Å². The van der Waals surface area contributed by atoms with Gasteiger partial charge in [-0.1, -0.05) is 186 Å². The second kappa shape index (κ2) is 16.9. The summed E-state index contributed by atoms with van der Waals surface area (Å²) in [5.41, 5.74) is 18.2. The Morgan fingerprint density at radius 2 is 0.852 bits per heavy atom. The Morgan fingerprint density at radius 3 is 1.39 bits per heavy atom. The lowest BCUT2D eigenvalue weighted by atomic mass is 9.69. The highest BCUT2D eigenvalue weighted by Crippen LogP contribution is 2.63. The molecule has 10 rings (SSSR count). The largest absolute Gasteiger partial charge is 0.255 e. The minimum absolute atomic E-state index is 0.419. The van der Waals surface area contributed by atoms with Crippen LogP contribution < -0.4 is 0 Å². The zero-order valence-corrected chi connectivity index (χ0v) is 35.4. The van der Waals surface area contributed by atoms with Gasteiger partial charge in [-0.2, -0.15) is 0 Å². The molecular weight excluding hydrogens is 741 g/mol. The minimum atomic E-state index is -0.419. The van der Waals surface area contributed by atoms with Crippen LogP contribution in [0.2, 0.25) is 0 Å². The summed E-state index contributed by atoms with van der Waals surface area (Å²) in [6.07, 6.45) is 14.2. The van der Waals surface area contributed by atoms with Gasteiger partial charge in [-0.3, -0.25) is 4.98 Å². The van der Waals surface area contributed by atoms with Crippen molar-refractivity contribution in [1.82, 2.24) is 19.9 Å². The fourth-order valence-electron chi connectivity index (χ4n) is 9.89. The Kier molecular flexibility index (Phi) is 10.7. The number of unbranched alkanes of at least 4 members (excludes halogenated alkanes) is 6. The Hall–Kier alpha value is -6.52. The molecule has 0 saturated heterocycles. The predicted molar refractivity (Wildman–Crippen MR) is 251 cm³/mol. The first kappa shape index (κ1) is 38.7. The third-order valence-corrected chi connectivity index (χ3v) is 13.0. The molecule has 0 atom stereocenters. The van der Waals surface area contributed by atoms with Gasteiger partial charge in [0.25, 0.3) is 0 Å². The average Bonchev–Trinajstić information content (AvgIpc) is 3.78. The second-order valence-corrected chi connectivity index (χ2v) is 16.9. The smallest absolute Gasteiger partial charge is 0.165 e. The van der Waals surface area contributed by atoms with Crippen LogP contribution in [0.4, 0.5) is 0 Å². The quantitative estimate of drug-likeness (QED) is 0.103. The van der Waals surface area contributed by atoms with Crippen LogP contribution in [0.1, 0.15) is 98.6 Å². The molecule has 0 fully saturated rings. The van der Waals surface area contributed by atoms with Gasteiger partial charge in [0.15, 0.2) is 17.5 Å². The number of hydrogen-bond acceptors (Lipinski definition) is 4. The summed E-state index contributed by atoms with van der Waals surface area (Å²) in [4.78, 5) is 20.0. The highest BCUT2D eigenvalue weighted by molar-refractivity contribution is 5.96. The van der Waals surface area contributed by atoms with E-state index < -0.39 is 5.41 Å². The molecule has 4 heteroatoms. The van der Waals surface area contributed by atoms with Gasteiger partial charge in [-0.25, -0.2) is 15.0 Å². The molecule has 0 radical (unpaired) electrons. The van der Waals surface area contributed by atoms with E-state index in [-0.39, 0.29) is 0 Å². The number of rotatable bonds is 14. The molecule has 0 saturated carbocycles. The molecule has 2 aliphatic rings. The number of fused-ring (bicyclic) bond motifs is 10. The van der Waals surface area contributed by atoms with E-state index in [1.54, 1.807) is 0 Å². The van der Waals surface area contributed by atoms with Crippen LogP contribution >= 0.6 is 0 Å². The average molecular weight is 793 g/mol. The third-order valence-electron chi connectivity index (χ3n) is 13.0. The SMILES string of the molecule is CCCCCCc1ccc2c(c1)C1(c3ccccc3-c3ccc(-c4ccc(-c5nc(-c6ccccc6)nc(-c6ccccc6)n5)cn4)cc31)c1cc(CCCCCC)ccc1-2. The van der Waals surface area contributed by atoms with E-state index in [2.05, 4.69) is 105 Å². The van der Waals surface area contributed by atoms with Crippen LogP contribution in [0, 0.1) is 0 Å². The first-order valence-corrected chi connectivity index (χ1v) is 22.5. The maximum absolute atomic E-state index is 5.13. The van der Waals surface area contributed by atoms with E-state index in [0.717, 1.165) is 40.8 Å². The molecule has 0 N–H and O–H groups in total. The van der Waals surface area contributed by atoms with Crippen molar-refractivity contribution in [2.45, 2.75) is 83.5 Å². The number of aryl methyl sites for hydroxylation is 2. The van der Waals surface area contributed by atoms with Crippen LogP contribution in [0.3, 0.4) is 0 Å². The van der Waals surface area contributed by atoms with E-state index in [1.807, 2.05) is 66.9 Å². The molecule has 2 aliphatic carbocycles. The van der Waals surface area contributed by atoms with E-state index in [4.69, 9.17) is 19.9 Å². The summed E-state index contributed by atoms with van der Waals surface area (Å²) >= 11 is 0. The monoisotopic (exact) mass is 792 g/mol. The Morgan fingerprint density at radius 1 is 0.377 bits per heavy atom. The van der Waals surface area contributed by atoms with E-state index in [9.17, 15) is 0 Å². The van der Waals surface area contributed by atoms with Gasteiger partial charge in [-0.05, 0) is 99.5 Å². The lowest BCUT2D eigenvalue weighted by molar-refractivity contribution is 0.665. The molecule has 8 aromatic rings. The number of nitrogens with zero attached hydrogens (tertiary/aromatic N) is 4. The van der Waals surface area contributed by atoms with Crippen LogP contribution in [0.25, 0.3) is 67.7 Å². The first-order valence-electron chi connectivity index (χ1n) is 22.5. The predicted octanol–water partition coefficient (Wildman–Crippen LogP) is 14.5. The number of benzene rings is 6. The molecule has 0 unspecified atom stereocenters. The molecule has 6 aromatic carbocycles. The molecule has 2 aromatic heterocycles. The van der Waals surface area contributed by atoms with Crippen molar-refractivity contribution in [3.8, 4) is 67.7 Å². The van der Waals surface area contributed by atoms with Crippen LogP contribution in [0.5, 0.6) is 0 Å². The number of aromatic nitrogens is 4. The van der Waals surface area contributed by atoms with Crippen molar-refractivity contribution in [2.75, 3.05) is 0 Å². The fraction of sp³-hybridized carbons (Fsp3) is 0.228. The topological polar surface area (TPSA) is 51.6 Å². The Balaban J connectivity index is 1.09. The van der Waals surface area contributed by atoms with Gasteiger partial charge >= 0.3 is 0 Å². The highest BCUT2D eigenvalue weighted by atomic mass is 15.0. The molecule has 2 heterocycles. The van der Waals surface area contributed by atoms with Gasteiger partial charge in [0.1, 0.15) is 0 Å². The van der Waals surface area contributed by atoms with Crippen LogP contribution in [-0.4, -0.2) is 19.9 Å². The van der Waals surface area contributed by atoms with E-state index in [0.29, 0.717) is 17.5 Å². The van der Waals surface area contributed by atoms with E-state index in [1.165, 1.54) is 107 Å². The lowest BCUT2D eigenvalue weighted by Gasteiger charge is -2.31. The number of pyridine rings is 1. The Labute approximate surface area is 360 Å². The van der Waals surface area contributed by atoms with Gasteiger partial charge < -0.3 is 0 Å². The zero-order chi connectivity index (χ0) is 41.2. The van der Waals surface area contributed by atoms with Crippen LogP contribution in [-0.2, 0) is 18.3 Å². The first-order chi connectivity index (χ1) is 30.1. The molecule has 0 amide bonds. The van der Waals surface area contributed by atoms with Crippen LogP contribution in [0.15, 0.2) is 158 Å². The fourth-order valence-corrected chi connectivity index (χ4v) is 9.89. The summed E-state index contributed by atoms with van der Waals surface area (Å²) < 4.78 is 0. The van der Waals surface area contributed by atoms with Crippen molar-refractivity contribution in [3.05, 3.63) is 191 Å². The van der Waals surface area contributed by atoms with Gasteiger partial charge in [0.05, 0.1) is 11.1 Å². The summed E-state index contributed by atoms with van der Waals surface area (Å²) in [6.45, 7) is 4.58. The van der Waals surface area contributed by atoms with E-state index >= 15 is 0 Å². The summed E-state index contributed by atoms with van der Waals surface area (Å²) in [7, 11) is 0. The maximum Gasteiger partial charge on any atom is 0.165 e.